The molecule has 2 aromatic heterocycles. The Bertz CT molecular complexity index is 463. The van der Waals surface area contributed by atoms with Crippen molar-refractivity contribution in [3.05, 3.63) is 18.3 Å². The summed E-state index contributed by atoms with van der Waals surface area (Å²) in [5, 5.41) is 0. The van der Waals surface area contributed by atoms with Gasteiger partial charge in [-0.2, -0.15) is 13.2 Å². The number of hydrogen-bond donors (Lipinski definition) is 1. The highest BCUT2D eigenvalue weighted by Crippen LogP contribution is 2.14. The second-order valence-corrected chi connectivity index (χ2v) is 3.36. The molecule has 0 aromatic carbocycles. The van der Waals surface area contributed by atoms with Gasteiger partial charge in [0, 0.05) is 6.42 Å². The van der Waals surface area contributed by atoms with Crippen LogP contribution in [0.15, 0.2) is 12.5 Å². The van der Waals surface area contributed by atoms with Crippen LogP contribution in [0, 0.1) is 0 Å². The molecule has 2 aromatic rings. The fourth-order valence-electron chi connectivity index (χ4n) is 1.29. The van der Waals surface area contributed by atoms with Gasteiger partial charge in [-0.05, 0) is 0 Å². The van der Waals surface area contributed by atoms with Crippen LogP contribution in [0.2, 0.25) is 0 Å². The zero-order chi connectivity index (χ0) is 12.3. The van der Waals surface area contributed by atoms with E-state index in [2.05, 4.69) is 24.7 Å². The van der Waals surface area contributed by atoms with Gasteiger partial charge in [-0.25, -0.2) is 15.0 Å². The molecule has 0 saturated heterocycles. The number of alkyl halides is 3. The number of rotatable bonds is 4. The summed E-state index contributed by atoms with van der Waals surface area (Å²) in [4.78, 5) is 14.7. The van der Waals surface area contributed by atoms with Gasteiger partial charge < -0.3 is 9.72 Å². The lowest BCUT2D eigenvalue weighted by molar-refractivity contribution is -0.173. The van der Waals surface area contributed by atoms with E-state index in [0.717, 1.165) is 0 Å². The molecule has 0 bridgehead atoms. The highest BCUT2D eigenvalue weighted by molar-refractivity contribution is 5.68. The number of ether oxygens (including phenoxy) is 1. The van der Waals surface area contributed by atoms with Crippen LogP contribution in [-0.2, 0) is 11.2 Å². The number of aromatic amines is 1. The molecule has 8 heteroatoms. The maximum Gasteiger partial charge on any atom is 0.411 e. The molecule has 0 spiro atoms. The molecule has 2 heterocycles. The fraction of sp³-hybridized carbons (Fsp3) is 0.444. The van der Waals surface area contributed by atoms with Crippen LogP contribution in [0.1, 0.15) is 5.82 Å². The number of imidazole rings is 1. The van der Waals surface area contributed by atoms with Gasteiger partial charge in [-0.15, -0.1) is 0 Å². The Hall–Kier alpha value is -1.70. The standard InChI is InChI=1S/C9H9F3N4O/c10-9(11,12)4-17-2-1-7-15-6-3-13-5-14-8(6)16-7/h3,5H,1-2,4H2,(H,13,14,15,16). The summed E-state index contributed by atoms with van der Waals surface area (Å²) in [6, 6.07) is 0. The monoisotopic (exact) mass is 246 g/mol. The van der Waals surface area contributed by atoms with Crippen molar-refractivity contribution in [3.8, 4) is 0 Å². The average molecular weight is 246 g/mol. The predicted octanol–water partition coefficient (Wildman–Crippen LogP) is 1.47. The lowest BCUT2D eigenvalue weighted by Crippen LogP contribution is -2.18. The summed E-state index contributed by atoms with van der Waals surface area (Å²) >= 11 is 0. The normalized spacial score (nSPS) is 12.2. The Morgan fingerprint density at radius 2 is 2.18 bits per heavy atom. The van der Waals surface area contributed by atoms with Crippen molar-refractivity contribution < 1.29 is 17.9 Å². The summed E-state index contributed by atoms with van der Waals surface area (Å²) in [5.41, 5.74) is 1.14. The van der Waals surface area contributed by atoms with Gasteiger partial charge >= 0.3 is 6.18 Å². The second-order valence-electron chi connectivity index (χ2n) is 3.36. The van der Waals surface area contributed by atoms with Gasteiger partial charge in [0.25, 0.3) is 0 Å². The first-order chi connectivity index (χ1) is 8.04. The first kappa shape index (κ1) is 11.8. The molecule has 5 nitrogen and oxygen atoms in total. The minimum absolute atomic E-state index is 0.0488. The molecule has 0 saturated carbocycles. The summed E-state index contributed by atoms with van der Waals surface area (Å²) in [5.74, 6) is 0.530. The Labute approximate surface area is 94.1 Å². The lowest BCUT2D eigenvalue weighted by Gasteiger charge is -2.06. The molecule has 17 heavy (non-hydrogen) atoms. The molecule has 0 aliphatic heterocycles. The van der Waals surface area contributed by atoms with Crippen molar-refractivity contribution in [1.29, 1.82) is 0 Å². The maximum atomic E-state index is 11.8. The van der Waals surface area contributed by atoms with Crippen molar-refractivity contribution in [2.75, 3.05) is 13.2 Å². The number of halogens is 3. The molecule has 0 atom stereocenters. The molecule has 0 aliphatic carbocycles. The van der Waals surface area contributed by atoms with Gasteiger partial charge in [0.15, 0.2) is 5.65 Å². The van der Waals surface area contributed by atoms with E-state index in [1.165, 1.54) is 6.33 Å². The van der Waals surface area contributed by atoms with Gasteiger partial charge in [-0.3, -0.25) is 0 Å². The van der Waals surface area contributed by atoms with Crippen LogP contribution >= 0.6 is 0 Å². The summed E-state index contributed by atoms with van der Waals surface area (Å²) < 4.78 is 39.8. The predicted molar refractivity (Wildman–Crippen MR) is 52.3 cm³/mol. The summed E-state index contributed by atoms with van der Waals surface area (Å²) in [6.07, 6.45) is -1.12. The number of aromatic nitrogens is 4. The first-order valence-corrected chi connectivity index (χ1v) is 4.84. The highest BCUT2D eigenvalue weighted by atomic mass is 19.4. The third-order valence-corrected chi connectivity index (χ3v) is 1.96. The van der Waals surface area contributed by atoms with Crippen molar-refractivity contribution in [2.45, 2.75) is 12.6 Å². The van der Waals surface area contributed by atoms with Gasteiger partial charge in [0.1, 0.15) is 24.3 Å². The first-order valence-electron chi connectivity index (χ1n) is 4.84. The minimum Gasteiger partial charge on any atom is -0.372 e. The number of fused-ring (bicyclic) bond motifs is 1. The van der Waals surface area contributed by atoms with E-state index in [1.807, 2.05) is 0 Å². The van der Waals surface area contributed by atoms with E-state index >= 15 is 0 Å². The molecule has 0 unspecified atom stereocenters. The van der Waals surface area contributed by atoms with Gasteiger partial charge in [0.05, 0.1) is 12.8 Å². The van der Waals surface area contributed by atoms with Crippen LogP contribution in [0.5, 0.6) is 0 Å². The van der Waals surface area contributed by atoms with Crippen LogP contribution in [0.3, 0.4) is 0 Å². The molecule has 0 amide bonds. The van der Waals surface area contributed by atoms with Crippen LogP contribution in [0.4, 0.5) is 13.2 Å². The van der Waals surface area contributed by atoms with E-state index in [9.17, 15) is 13.2 Å². The molecule has 0 fully saturated rings. The van der Waals surface area contributed by atoms with Crippen molar-refractivity contribution in [3.63, 3.8) is 0 Å². The second kappa shape index (κ2) is 4.66. The smallest absolute Gasteiger partial charge is 0.372 e. The van der Waals surface area contributed by atoms with E-state index < -0.39 is 12.8 Å². The lowest BCUT2D eigenvalue weighted by atomic mass is 10.4. The molecule has 0 radical (unpaired) electrons. The number of nitrogens with zero attached hydrogens (tertiary/aromatic N) is 3. The summed E-state index contributed by atoms with van der Waals surface area (Å²) in [7, 11) is 0. The Kier molecular flexibility index (Phi) is 3.23. The van der Waals surface area contributed by atoms with Crippen LogP contribution in [0.25, 0.3) is 11.2 Å². The molecular weight excluding hydrogens is 237 g/mol. The highest BCUT2D eigenvalue weighted by Gasteiger charge is 2.27. The summed E-state index contributed by atoms with van der Waals surface area (Å²) in [6.45, 7) is -1.29. The van der Waals surface area contributed by atoms with Crippen LogP contribution < -0.4 is 0 Å². The third-order valence-electron chi connectivity index (χ3n) is 1.96. The van der Waals surface area contributed by atoms with E-state index in [-0.39, 0.29) is 13.0 Å². The molecular formula is C9H9F3N4O. The number of hydrogen-bond acceptors (Lipinski definition) is 4. The van der Waals surface area contributed by atoms with Crippen LogP contribution in [-0.4, -0.2) is 39.3 Å². The molecule has 1 N–H and O–H groups in total. The largest absolute Gasteiger partial charge is 0.411 e. The maximum absolute atomic E-state index is 11.8. The molecule has 92 valence electrons. The van der Waals surface area contributed by atoms with E-state index in [4.69, 9.17) is 0 Å². The van der Waals surface area contributed by atoms with Crippen molar-refractivity contribution in [2.24, 2.45) is 0 Å². The Morgan fingerprint density at radius 3 is 2.88 bits per heavy atom. The quantitative estimate of drug-likeness (QED) is 0.830. The zero-order valence-corrected chi connectivity index (χ0v) is 8.66. The zero-order valence-electron chi connectivity index (χ0n) is 8.66. The molecule has 0 aliphatic rings. The number of nitrogens with one attached hydrogen (secondary N) is 1. The van der Waals surface area contributed by atoms with E-state index in [1.54, 1.807) is 6.20 Å². The van der Waals surface area contributed by atoms with E-state index in [0.29, 0.717) is 17.0 Å². The van der Waals surface area contributed by atoms with Crippen molar-refractivity contribution in [1.82, 2.24) is 19.9 Å². The van der Waals surface area contributed by atoms with Gasteiger partial charge in [0.2, 0.25) is 0 Å². The Balaban J connectivity index is 1.87. The third kappa shape index (κ3) is 3.38. The topological polar surface area (TPSA) is 63.7 Å². The molecule has 2 rings (SSSR count). The minimum atomic E-state index is -4.29. The SMILES string of the molecule is FC(F)(F)COCCc1nc2ncncc2[nH]1. The number of H-pyrrole nitrogens is 1. The van der Waals surface area contributed by atoms with Gasteiger partial charge in [-0.1, -0.05) is 0 Å². The van der Waals surface area contributed by atoms with Crippen molar-refractivity contribution >= 4 is 11.2 Å². The Morgan fingerprint density at radius 1 is 1.35 bits per heavy atom. The average Bonchev–Trinajstić information content (AvgIpc) is 2.65. The fourth-order valence-corrected chi connectivity index (χ4v) is 1.29.